The first-order valence-corrected chi connectivity index (χ1v) is 7.21. The molecule has 0 aromatic heterocycles. The first-order valence-electron chi connectivity index (χ1n) is 5.73. The highest BCUT2D eigenvalue weighted by Crippen LogP contribution is 2.12. The highest BCUT2D eigenvalue weighted by atomic mass is 32.2. The Labute approximate surface area is 107 Å². The van der Waals surface area contributed by atoms with Crippen molar-refractivity contribution in [3.05, 3.63) is 29.8 Å². The van der Waals surface area contributed by atoms with Crippen molar-refractivity contribution >= 4 is 15.7 Å². The quantitative estimate of drug-likeness (QED) is 0.843. The van der Waals surface area contributed by atoms with Crippen molar-refractivity contribution < 1.29 is 13.2 Å². The van der Waals surface area contributed by atoms with E-state index in [1.54, 1.807) is 24.3 Å². The van der Waals surface area contributed by atoms with E-state index in [2.05, 4.69) is 9.93 Å². The Balaban J connectivity index is 2.10. The third-order valence-electron chi connectivity index (χ3n) is 2.71. The van der Waals surface area contributed by atoms with Gasteiger partial charge >= 0.3 is 0 Å². The second kappa shape index (κ2) is 5.07. The van der Waals surface area contributed by atoms with E-state index in [1.807, 2.05) is 13.8 Å². The number of hydrogen-bond donors (Lipinski definition) is 1. The zero-order valence-corrected chi connectivity index (χ0v) is 11.2. The van der Waals surface area contributed by atoms with Gasteiger partial charge in [-0.05, 0) is 26.0 Å². The van der Waals surface area contributed by atoms with Crippen molar-refractivity contribution in [2.24, 2.45) is 5.10 Å². The molecule has 1 heterocycles. The molecule has 1 N–H and O–H groups in total. The standard InChI is InChI=1S/C12H16N2O3S/c1-9-3-5-12(6-4-9)18(15,16)14-13-11-7-10(2)17-8-11/h3-6,10,14H,7-8H2,1-2H3/b13-11+/t10-/m0/s1. The van der Waals surface area contributed by atoms with Crippen molar-refractivity contribution in [3.63, 3.8) is 0 Å². The van der Waals surface area contributed by atoms with Gasteiger partial charge in [0.1, 0.15) is 0 Å². The van der Waals surface area contributed by atoms with Crippen LogP contribution in [0.3, 0.4) is 0 Å². The number of benzene rings is 1. The van der Waals surface area contributed by atoms with Gasteiger partial charge in [-0.25, -0.2) is 4.83 Å². The largest absolute Gasteiger partial charge is 0.372 e. The Kier molecular flexibility index (Phi) is 3.68. The lowest BCUT2D eigenvalue weighted by Crippen LogP contribution is -2.20. The first-order chi connectivity index (χ1) is 8.47. The van der Waals surface area contributed by atoms with Crippen LogP contribution in [0.15, 0.2) is 34.3 Å². The summed E-state index contributed by atoms with van der Waals surface area (Å²) < 4.78 is 29.1. The maximum Gasteiger partial charge on any atom is 0.276 e. The molecular weight excluding hydrogens is 252 g/mol. The van der Waals surface area contributed by atoms with Gasteiger partial charge < -0.3 is 4.74 Å². The van der Waals surface area contributed by atoms with E-state index >= 15 is 0 Å². The minimum atomic E-state index is -3.58. The summed E-state index contributed by atoms with van der Waals surface area (Å²) in [5.74, 6) is 0. The summed E-state index contributed by atoms with van der Waals surface area (Å²) in [6.45, 7) is 4.22. The number of rotatable bonds is 3. The van der Waals surface area contributed by atoms with Crippen molar-refractivity contribution in [2.75, 3.05) is 6.61 Å². The fraction of sp³-hybridized carbons (Fsp3) is 0.417. The van der Waals surface area contributed by atoms with Crippen LogP contribution in [-0.4, -0.2) is 26.8 Å². The fourth-order valence-corrected chi connectivity index (χ4v) is 2.51. The van der Waals surface area contributed by atoms with Crippen LogP contribution in [0.5, 0.6) is 0 Å². The van der Waals surface area contributed by atoms with Crippen LogP contribution >= 0.6 is 0 Å². The number of sulfonamides is 1. The lowest BCUT2D eigenvalue weighted by molar-refractivity contribution is 0.130. The lowest BCUT2D eigenvalue weighted by Gasteiger charge is -2.04. The van der Waals surface area contributed by atoms with E-state index in [0.29, 0.717) is 13.0 Å². The van der Waals surface area contributed by atoms with Gasteiger partial charge in [-0.2, -0.15) is 13.5 Å². The third-order valence-corrected chi connectivity index (χ3v) is 3.94. The molecule has 1 aliphatic heterocycles. The second-order valence-electron chi connectivity index (χ2n) is 4.41. The highest BCUT2D eigenvalue weighted by molar-refractivity contribution is 7.89. The van der Waals surface area contributed by atoms with Crippen LogP contribution < -0.4 is 4.83 Å². The van der Waals surface area contributed by atoms with E-state index < -0.39 is 10.0 Å². The maximum absolute atomic E-state index is 11.9. The molecule has 1 atom stereocenters. The van der Waals surface area contributed by atoms with Gasteiger partial charge in [-0.3, -0.25) is 0 Å². The first kappa shape index (κ1) is 13.0. The van der Waals surface area contributed by atoms with Gasteiger partial charge in [0.2, 0.25) is 0 Å². The van der Waals surface area contributed by atoms with Crippen LogP contribution in [-0.2, 0) is 14.8 Å². The van der Waals surface area contributed by atoms with E-state index in [9.17, 15) is 8.42 Å². The molecule has 0 amide bonds. The Morgan fingerprint density at radius 1 is 1.33 bits per heavy atom. The molecule has 0 unspecified atom stereocenters. The number of hydrogen-bond acceptors (Lipinski definition) is 4. The van der Waals surface area contributed by atoms with Gasteiger partial charge in [0.25, 0.3) is 10.0 Å². The molecule has 1 fully saturated rings. The Hall–Kier alpha value is -1.40. The monoisotopic (exact) mass is 268 g/mol. The molecule has 0 radical (unpaired) electrons. The minimum Gasteiger partial charge on any atom is -0.372 e. The summed E-state index contributed by atoms with van der Waals surface area (Å²) >= 11 is 0. The van der Waals surface area contributed by atoms with E-state index in [-0.39, 0.29) is 11.0 Å². The molecule has 0 saturated carbocycles. The second-order valence-corrected chi connectivity index (χ2v) is 6.07. The van der Waals surface area contributed by atoms with Crippen LogP contribution in [0, 0.1) is 6.92 Å². The summed E-state index contributed by atoms with van der Waals surface area (Å²) in [5, 5.41) is 3.90. The Morgan fingerprint density at radius 3 is 2.56 bits per heavy atom. The molecule has 6 heteroatoms. The molecule has 98 valence electrons. The number of ether oxygens (including phenoxy) is 1. The highest BCUT2D eigenvalue weighted by Gasteiger charge is 2.18. The molecule has 0 bridgehead atoms. The number of aryl methyl sites for hydroxylation is 1. The van der Waals surface area contributed by atoms with Crippen molar-refractivity contribution in [1.82, 2.24) is 4.83 Å². The zero-order valence-electron chi connectivity index (χ0n) is 10.4. The van der Waals surface area contributed by atoms with E-state index in [1.165, 1.54) is 0 Å². The van der Waals surface area contributed by atoms with Crippen LogP contribution in [0.25, 0.3) is 0 Å². The molecule has 1 aliphatic rings. The number of nitrogens with one attached hydrogen (secondary N) is 1. The minimum absolute atomic E-state index is 0.104. The normalized spacial score (nSPS) is 22.3. The van der Waals surface area contributed by atoms with Crippen LogP contribution in [0.4, 0.5) is 0 Å². The smallest absolute Gasteiger partial charge is 0.276 e. The molecule has 5 nitrogen and oxygen atoms in total. The summed E-state index contributed by atoms with van der Waals surface area (Å²) in [6.07, 6.45) is 0.767. The van der Waals surface area contributed by atoms with Crippen LogP contribution in [0.2, 0.25) is 0 Å². The lowest BCUT2D eigenvalue weighted by atomic mass is 10.2. The van der Waals surface area contributed by atoms with Gasteiger partial charge in [0, 0.05) is 6.42 Å². The van der Waals surface area contributed by atoms with Crippen molar-refractivity contribution in [1.29, 1.82) is 0 Å². The molecule has 1 aromatic carbocycles. The zero-order chi connectivity index (χ0) is 13.2. The summed E-state index contributed by atoms with van der Waals surface area (Å²) in [5.41, 5.74) is 1.73. The Bertz CT molecular complexity index is 549. The third kappa shape index (κ3) is 3.08. The Morgan fingerprint density at radius 2 is 2.00 bits per heavy atom. The summed E-state index contributed by atoms with van der Waals surface area (Å²) in [7, 11) is -3.58. The SMILES string of the molecule is Cc1ccc(S(=O)(=O)N/N=C2/CO[C@@H](C)C2)cc1. The van der Waals surface area contributed by atoms with Gasteiger partial charge in [0.05, 0.1) is 23.3 Å². The average Bonchev–Trinajstić information content (AvgIpc) is 2.73. The molecule has 1 saturated heterocycles. The molecule has 2 rings (SSSR count). The predicted octanol–water partition coefficient (Wildman–Crippen LogP) is 1.44. The molecule has 0 aliphatic carbocycles. The predicted molar refractivity (Wildman–Crippen MR) is 69.0 cm³/mol. The van der Waals surface area contributed by atoms with Gasteiger partial charge in [-0.1, -0.05) is 17.7 Å². The molecular formula is C12H16N2O3S. The molecule has 0 spiro atoms. The van der Waals surface area contributed by atoms with Crippen molar-refractivity contribution in [2.45, 2.75) is 31.3 Å². The van der Waals surface area contributed by atoms with Gasteiger partial charge in [0.15, 0.2) is 0 Å². The number of nitrogens with zero attached hydrogens (tertiary/aromatic N) is 1. The molecule has 18 heavy (non-hydrogen) atoms. The van der Waals surface area contributed by atoms with Crippen LogP contribution in [0.1, 0.15) is 18.9 Å². The van der Waals surface area contributed by atoms with E-state index in [4.69, 9.17) is 4.74 Å². The summed E-state index contributed by atoms with van der Waals surface area (Å²) in [6, 6.07) is 6.63. The van der Waals surface area contributed by atoms with Crippen molar-refractivity contribution in [3.8, 4) is 0 Å². The average molecular weight is 268 g/mol. The topological polar surface area (TPSA) is 67.8 Å². The summed E-state index contributed by atoms with van der Waals surface area (Å²) in [4.78, 5) is 2.45. The maximum atomic E-state index is 11.9. The van der Waals surface area contributed by atoms with E-state index in [0.717, 1.165) is 11.3 Å². The molecule has 1 aromatic rings. The number of hydrazone groups is 1. The van der Waals surface area contributed by atoms with Gasteiger partial charge in [-0.15, -0.1) is 0 Å². The fourth-order valence-electron chi connectivity index (χ4n) is 1.66.